The first kappa shape index (κ1) is 20.7. The zero-order valence-electron chi connectivity index (χ0n) is 13.3. The summed E-state index contributed by atoms with van der Waals surface area (Å²) in [6.07, 6.45) is -3.18. The lowest BCUT2D eigenvalue weighted by Gasteiger charge is -2.32. The highest BCUT2D eigenvalue weighted by Gasteiger charge is 2.35. The average molecular weight is 369 g/mol. The predicted molar refractivity (Wildman–Crippen MR) is 85.8 cm³/mol. The van der Waals surface area contributed by atoms with Crippen LogP contribution in [0.4, 0.5) is 17.6 Å². The van der Waals surface area contributed by atoms with Crippen molar-refractivity contribution in [1.29, 1.82) is 0 Å². The van der Waals surface area contributed by atoms with Gasteiger partial charge in [-0.2, -0.15) is 13.2 Å². The number of hydrogen-bond donors (Lipinski definition) is 1. The Balaban J connectivity index is 0.00000288. The number of benzene rings is 1. The third-order valence-corrected chi connectivity index (χ3v) is 4.10. The van der Waals surface area contributed by atoms with Crippen LogP contribution in [0.5, 0.6) is 0 Å². The summed E-state index contributed by atoms with van der Waals surface area (Å²) in [4.78, 5) is 13.9. The summed E-state index contributed by atoms with van der Waals surface area (Å²) in [6.45, 7) is 4.80. The molecule has 1 aromatic rings. The Kier molecular flexibility index (Phi) is 7.48. The summed E-state index contributed by atoms with van der Waals surface area (Å²) in [5.74, 6) is -1.37. The summed E-state index contributed by atoms with van der Waals surface area (Å²) in [5.41, 5.74) is -1.52. The molecular formula is C16H21ClF4N2O. The van der Waals surface area contributed by atoms with E-state index < -0.39 is 23.5 Å². The molecular weight excluding hydrogens is 348 g/mol. The molecule has 1 aromatic carbocycles. The van der Waals surface area contributed by atoms with Crippen LogP contribution >= 0.6 is 12.4 Å². The SMILES string of the molecule is CCNCC1CCN(C(=O)c2ccc(F)c(C(F)(F)F)c2)CC1.Cl. The van der Waals surface area contributed by atoms with Crippen LogP contribution in [0.1, 0.15) is 35.7 Å². The van der Waals surface area contributed by atoms with Crippen molar-refractivity contribution in [3.63, 3.8) is 0 Å². The lowest BCUT2D eigenvalue weighted by molar-refractivity contribution is -0.140. The largest absolute Gasteiger partial charge is 0.419 e. The second kappa shape index (κ2) is 8.67. The molecule has 1 aliphatic rings. The van der Waals surface area contributed by atoms with Gasteiger partial charge in [-0.1, -0.05) is 6.92 Å². The van der Waals surface area contributed by atoms with Gasteiger partial charge < -0.3 is 10.2 Å². The van der Waals surface area contributed by atoms with Crippen LogP contribution in [0.25, 0.3) is 0 Å². The number of rotatable bonds is 4. The molecule has 24 heavy (non-hydrogen) atoms. The Bertz CT molecular complexity index is 557. The van der Waals surface area contributed by atoms with E-state index in [9.17, 15) is 22.4 Å². The van der Waals surface area contributed by atoms with Crippen LogP contribution in [0.2, 0.25) is 0 Å². The van der Waals surface area contributed by atoms with Crippen molar-refractivity contribution in [2.75, 3.05) is 26.2 Å². The Morgan fingerprint density at radius 3 is 2.46 bits per heavy atom. The molecule has 0 atom stereocenters. The van der Waals surface area contributed by atoms with Gasteiger partial charge in [-0.05, 0) is 50.0 Å². The topological polar surface area (TPSA) is 32.3 Å². The molecule has 0 aliphatic carbocycles. The minimum Gasteiger partial charge on any atom is -0.339 e. The number of likely N-dealkylation sites (tertiary alicyclic amines) is 1. The van der Waals surface area contributed by atoms with Gasteiger partial charge in [0.15, 0.2) is 0 Å². The third-order valence-electron chi connectivity index (χ3n) is 4.10. The van der Waals surface area contributed by atoms with Crippen LogP contribution in [0, 0.1) is 11.7 Å². The number of halogens is 5. The Morgan fingerprint density at radius 2 is 1.92 bits per heavy atom. The van der Waals surface area contributed by atoms with E-state index in [4.69, 9.17) is 0 Å². The van der Waals surface area contributed by atoms with E-state index in [1.807, 2.05) is 6.92 Å². The van der Waals surface area contributed by atoms with Crippen molar-refractivity contribution in [3.8, 4) is 0 Å². The lowest BCUT2D eigenvalue weighted by atomic mass is 9.96. The van der Waals surface area contributed by atoms with Gasteiger partial charge in [0.2, 0.25) is 0 Å². The molecule has 3 nitrogen and oxygen atoms in total. The highest BCUT2D eigenvalue weighted by atomic mass is 35.5. The van der Waals surface area contributed by atoms with Crippen LogP contribution in [0.15, 0.2) is 18.2 Å². The Hall–Kier alpha value is -1.34. The normalized spacial score (nSPS) is 16.0. The molecule has 0 spiro atoms. The number of piperidine rings is 1. The second-order valence-electron chi connectivity index (χ2n) is 5.74. The van der Waals surface area contributed by atoms with E-state index in [-0.39, 0.29) is 18.0 Å². The summed E-state index contributed by atoms with van der Waals surface area (Å²) >= 11 is 0. The Morgan fingerprint density at radius 1 is 1.29 bits per heavy atom. The molecule has 0 radical (unpaired) electrons. The minimum absolute atomic E-state index is 0. The zero-order chi connectivity index (χ0) is 17.0. The number of amides is 1. The van der Waals surface area contributed by atoms with Gasteiger partial charge in [0.25, 0.3) is 5.91 Å². The smallest absolute Gasteiger partial charge is 0.339 e. The fourth-order valence-corrected chi connectivity index (χ4v) is 2.75. The van der Waals surface area contributed by atoms with Gasteiger partial charge in [0, 0.05) is 18.7 Å². The van der Waals surface area contributed by atoms with Crippen molar-refractivity contribution in [3.05, 3.63) is 35.1 Å². The van der Waals surface area contributed by atoms with Gasteiger partial charge in [-0.15, -0.1) is 12.4 Å². The molecule has 0 aromatic heterocycles. The first-order valence-electron chi connectivity index (χ1n) is 7.69. The van der Waals surface area contributed by atoms with E-state index in [2.05, 4.69) is 5.32 Å². The molecule has 1 fully saturated rings. The summed E-state index contributed by atoms with van der Waals surface area (Å²) < 4.78 is 51.5. The first-order chi connectivity index (χ1) is 10.8. The summed E-state index contributed by atoms with van der Waals surface area (Å²) in [5, 5.41) is 3.25. The van der Waals surface area contributed by atoms with Crippen LogP contribution < -0.4 is 5.32 Å². The summed E-state index contributed by atoms with van der Waals surface area (Å²) in [6, 6.07) is 2.41. The number of carbonyl (C=O) groups is 1. The Labute approximate surface area is 144 Å². The van der Waals surface area contributed by atoms with Crippen LogP contribution in [-0.2, 0) is 6.18 Å². The highest BCUT2D eigenvalue weighted by molar-refractivity contribution is 5.94. The van der Waals surface area contributed by atoms with Crippen LogP contribution in [-0.4, -0.2) is 37.0 Å². The van der Waals surface area contributed by atoms with Crippen molar-refractivity contribution in [2.45, 2.75) is 25.9 Å². The molecule has 1 N–H and O–H groups in total. The number of carbonyl (C=O) groups excluding carboxylic acids is 1. The van der Waals surface area contributed by atoms with Gasteiger partial charge in [-0.3, -0.25) is 4.79 Å². The number of nitrogens with one attached hydrogen (secondary N) is 1. The number of alkyl halides is 3. The van der Waals surface area contributed by atoms with Gasteiger partial charge in [0.1, 0.15) is 5.82 Å². The maximum atomic E-state index is 13.3. The molecule has 0 bridgehead atoms. The maximum absolute atomic E-state index is 13.3. The fourth-order valence-electron chi connectivity index (χ4n) is 2.75. The standard InChI is InChI=1S/C16H20F4N2O.ClH/c1-2-21-10-11-5-7-22(8-6-11)15(23)12-3-4-14(17)13(9-12)16(18,19)20;/h3-4,9,11,21H,2,5-8,10H2,1H3;1H. The van der Waals surface area contributed by atoms with Gasteiger partial charge in [-0.25, -0.2) is 4.39 Å². The lowest BCUT2D eigenvalue weighted by Crippen LogP contribution is -2.40. The van der Waals surface area contributed by atoms with E-state index in [0.717, 1.165) is 32.0 Å². The van der Waals surface area contributed by atoms with E-state index in [1.54, 1.807) is 0 Å². The molecule has 1 amide bonds. The number of hydrogen-bond acceptors (Lipinski definition) is 2. The molecule has 1 aliphatic heterocycles. The first-order valence-corrected chi connectivity index (χ1v) is 7.69. The molecule has 1 saturated heterocycles. The monoisotopic (exact) mass is 368 g/mol. The van der Waals surface area contributed by atoms with E-state index in [1.165, 1.54) is 4.90 Å². The molecule has 8 heteroatoms. The minimum atomic E-state index is -4.81. The molecule has 0 unspecified atom stereocenters. The van der Waals surface area contributed by atoms with Crippen molar-refractivity contribution in [1.82, 2.24) is 10.2 Å². The van der Waals surface area contributed by atoms with Gasteiger partial charge in [0.05, 0.1) is 5.56 Å². The average Bonchev–Trinajstić information content (AvgIpc) is 2.52. The predicted octanol–water partition coefficient (Wildman–Crippen LogP) is 3.73. The molecule has 136 valence electrons. The molecule has 0 saturated carbocycles. The number of nitrogens with zero attached hydrogens (tertiary/aromatic N) is 1. The van der Waals surface area contributed by atoms with Gasteiger partial charge >= 0.3 is 6.18 Å². The zero-order valence-corrected chi connectivity index (χ0v) is 14.1. The van der Waals surface area contributed by atoms with Crippen LogP contribution in [0.3, 0.4) is 0 Å². The van der Waals surface area contributed by atoms with E-state index in [0.29, 0.717) is 31.1 Å². The van der Waals surface area contributed by atoms with Crippen molar-refractivity contribution in [2.24, 2.45) is 5.92 Å². The third kappa shape index (κ3) is 5.08. The highest BCUT2D eigenvalue weighted by Crippen LogP contribution is 2.32. The maximum Gasteiger partial charge on any atom is 0.419 e. The molecule has 2 rings (SSSR count). The second-order valence-corrected chi connectivity index (χ2v) is 5.74. The van der Waals surface area contributed by atoms with Crippen molar-refractivity contribution >= 4 is 18.3 Å². The quantitative estimate of drug-likeness (QED) is 0.821. The fraction of sp³-hybridized carbons (Fsp3) is 0.562. The molecule has 1 heterocycles. The summed E-state index contributed by atoms with van der Waals surface area (Å²) in [7, 11) is 0. The van der Waals surface area contributed by atoms with E-state index >= 15 is 0 Å². The van der Waals surface area contributed by atoms with Crippen molar-refractivity contribution < 1.29 is 22.4 Å².